The lowest BCUT2D eigenvalue weighted by atomic mass is 10.2. The zero-order chi connectivity index (χ0) is 18.6. The van der Waals surface area contributed by atoms with Crippen molar-refractivity contribution in [1.82, 2.24) is 9.21 Å². The van der Waals surface area contributed by atoms with Crippen LogP contribution in [0.5, 0.6) is 0 Å². The molecule has 1 aliphatic heterocycles. The van der Waals surface area contributed by atoms with Gasteiger partial charge in [-0.15, -0.1) is 0 Å². The van der Waals surface area contributed by atoms with E-state index in [1.165, 1.54) is 21.3 Å². The van der Waals surface area contributed by atoms with Gasteiger partial charge in [0.1, 0.15) is 0 Å². The largest absolute Gasteiger partial charge is 0.449 e. The van der Waals surface area contributed by atoms with Crippen molar-refractivity contribution in [2.24, 2.45) is 5.92 Å². The lowest BCUT2D eigenvalue weighted by Crippen LogP contribution is -2.50. The maximum atomic E-state index is 12.8. The normalized spacial score (nSPS) is 15.9. The minimum atomic E-state index is -3.65. The van der Waals surface area contributed by atoms with Crippen LogP contribution in [0, 0.1) is 24.2 Å². The van der Waals surface area contributed by atoms with Gasteiger partial charge >= 0.3 is 6.09 Å². The Balaban J connectivity index is 2.04. The first-order valence-corrected chi connectivity index (χ1v) is 9.62. The smallest absolute Gasteiger partial charge is 0.409 e. The molecular formula is C17H23N3O4S. The molecule has 0 unspecified atom stereocenters. The molecule has 1 aromatic carbocycles. The number of nitrogens with zero attached hydrogens (tertiary/aromatic N) is 3. The average Bonchev–Trinajstić information content (AvgIpc) is 2.59. The lowest BCUT2D eigenvalue weighted by Gasteiger charge is -2.33. The molecule has 0 N–H and O–H groups in total. The van der Waals surface area contributed by atoms with Gasteiger partial charge in [0.05, 0.1) is 23.1 Å². The van der Waals surface area contributed by atoms with E-state index in [4.69, 9.17) is 10.00 Å². The molecule has 2 rings (SSSR count). The van der Waals surface area contributed by atoms with Crippen LogP contribution in [0.25, 0.3) is 0 Å². The number of carbonyl (C=O) groups is 1. The quantitative estimate of drug-likeness (QED) is 0.813. The summed E-state index contributed by atoms with van der Waals surface area (Å²) in [5, 5.41) is 8.90. The highest BCUT2D eigenvalue weighted by Crippen LogP contribution is 2.22. The third-order valence-electron chi connectivity index (χ3n) is 3.96. The molecule has 0 saturated carbocycles. The van der Waals surface area contributed by atoms with E-state index in [-0.39, 0.29) is 23.9 Å². The monoisotopic (exact) mass is 365 g/mol. The van der Waals surface area contributed by atoms with E-state index in [9.17, 15) is 13.2 Å². The number of ether oxygens (including phenoxy) is 1. The summed E-state index contributed by atoms with van der Waals surface area (Å²) in [5.41, 5.74) is 0.965. The highest BCUT2D eigenvalue weighted by atomic mass is 32.2. The maximum absolute atomic E-state index is 12.8. The van der Waals surface area contributed by atoms with E-state index >= 15 is 0 Å². The van der Waals surface area contributed by atoms with E-state index in [2.05, 4.69) is 0 Å². The standard InChI is InChI=1S/C17H23N3O4S/c1-13(2)12-24-17(21)19-6-8-20(9-7-19)25(22,23)16-5-4-15(11-18)10-14(16)3/h4-5,10,13H,6-9,12H2,1-3H3. The molecule has 1 aromatic rings. The van der Waals surface area contributed by atoms with Gasteiger partial charge in [-0.1, -0.05) is 13.8 Å². The summed E-state index contributed by atoms with van der Waals surface area (Å²) in [6, 6.07) is 6.52. The number of hydrogen-bond donors (Lipinski definition) is 0. The molecule has 0 radical (unpaired) electrons. The number of amides is 1. The van der Waals surface area contributed by atoms with Crippen LogP contribution in [0.1, 0.15) is 25.0 Å². The summed E-state index contributed by atoms with van der Waals surface area (Å²) in [7, 11) is -3.65. The van der Waals surface area contributed by atoms with Crippen molar-refractivity contribution in [3.8, 4) is 6.07 Å². The van der Waals surface area contributed by atoms with Gasteiger partial charge in [-0.25, -0.2) is 13.2 Å². The minimum Gasteiger partial charge on any atom is -0.449 e. The topological polar surface area (TPSA) is 90.7 Å². The molecule has 1 fully saturated rings. The predicted molar refractivity (Wildman–Crippen MR) is 92.4 cm³/mol. The number of rotatable bonds is 4. The molecule has 0 atom stereocenters. The molecule has 1 aliphatic rings. The van der Waals surface area contributed by atoms with Gasteiger partial charge in [0, 0.05) is 26.2 Å². The van der Waals surface area contributed by atoms with Crippen LogP contribution < -0.4 is 0 Å². The number of nitriles is 1. The molecule has 1 heterocycles. The summed E-state index contributed by atoms with van der Waals surface area (Å²) in [6.45, 7) is 6.97. The van der Waals surface area contributed by atoms with Gasteiger partial charge in [-0.05, 0) is 36.6 Å². The number of carbonyl (C=O) groups excluding carboxylic acids is 1. The third-order valence-corrected chi connectivity index (χ3v) is 6.02. The van der Waals surface area contributed by atoms with Crippen LogP contribution in [0.15, 0.2) is 23.1 Å². The molecular weight excluding hydrogens is 342 g/mol. The van der Waals surface area contributed by atoms with E-state index in [1.54, 1.807) is 13.0 Å². The van der Waals surface area contributed by atoms with E-state index in [0.29, 0.717) is 30.8 Å². The van der Waals surface area contributed by atoms with Crippen molar-refractivity contribution < 1.29 is 17.9 Å². The average molecular weight is 365 g/mol. The molecule has 8 heteroatoms. The Morgan fingerprint density at radius 2 is 1.92 bits per heavy atom. The summed E-state index contributed by atoms with van der Waals surface area (Å²) in [6.07, 6.45) is -0.402. The van der Waals surface area contributed by atoms with Gasteiger partial charge in [-0.3, -0.25) is 0 Å². The molecule has 0 aliphatic carbocycles. The molecule has 1 saturated heterocycles. The van der Waals surface area contributed by atoms with Gasteiger partial charge in [0.25, 0.3) is 0 Å². The highest BCUT2D eigenvalue weighted by molar-refractivity contribution is 7.89. The second kappa shape index (κ2) is 7.85. The van der Waals surface area contributed by atoms with Crippen molar-refractivity contribution in [2.75, 3.05) is 32.8 Å². The van der Waals surface area contributed by atoms with Gasteiger partial charge in [0.15, 0.2) is 0 Å². The van der Waals surface area contributed by atoms with Crippen molar-refractivity contribution in [2.45, 2.75) is 25.7 Å². The van der Waals surface area contributed by atoms with Gasteiger partial charge in [-0.2, -0.15) is 9.57 Å². The Hall–Kier alpha value is -2.11. The van der Waals surface area contributed by atoms with Crippen LogP contribution in [-0.2, 0) is 14.8 Å². The summed E-state index contributed by atoms with van der Waals surface area (Å²) >= 11 is 0. The molecule has 7 nitrogen and oxygen atoms in total. The SMILES string of the molecule is Cc1cc(C#N)ccc1S(=O)(=O)N1CCN(C(=O)OCC(C)C)CC1. The molecule has 1 amide bonds. The van der Waals surface area contributed by atoms with E-state index in [1.807, 2.05) is 19.9 Å². The van der Waals surface area contributed by atoms with E-state index < -0.39 is 16.1 Å². The Bertz CT molecular complexity index is 776. The Morgan fingerprint density at radius 3 is 2.44 bits per heavy atom. The first kappa shape index (κ1) is 19.2. The fraction of sp³-hybridized carbons (Fsp3) is 0.529. The lowest BCUT2D eigenvalue weighted by molar-refractivity contribution is 0.0804. The molecule has 25 heavy (non-hydrogen) atoms. The van der Waals surface area contributed by atoms with Crippen LogP contribution >= 0.6 is 0 Å². The summed E-state index contributed by atoms with van der Waals surface area (Å²) < 4.78 is 32.2. The van der Waals surface area contributed by atoms with Crippen molar-refractivity contribution in [1.29, 1.82) is 5.26 Å². The summed E-state index contributed by atoms with van der Waals surface area (Å²) in [4.78, 5) is 13.7. The van der Waals surface area contributed by atoms with Gasteiger partial charge in [0.2, 0.25) is 10.0 Å². The fourth-order valence-electron chi connectivity index (χ4n) is 2.59. The minimum absolute atomic E-state index is 0.197. The zero-order valence-corrected chi connectivity index (χ0v) is 15.5. The van der Waals surface area contributed by atoms with Crippen LogP contribution in [0.4, 0.5) is 4.79 Å². The van der Waals surface area contributed by atoms with E-state index in [0.717, 1.165) is 0 Å². The number of benzene rings is 1. The molecule has 0 bridgehead atoms. The fourth-order valence-corrected chi connectivity index (χ4v) is 4.22. The number of piperazine rings is 1. The Morgan fingerprint density at radius 1 is 1.28 bits per heavy atom. The summed E-state index contributed by atoms with van der Waals surface area (Å²) in [5.74, 6) is 0.255. The van der Waals surface area contributed by atoms with Crippen LogP contribution in [-0.4, -0.2) is 56.5 Å². The second-order valence-electron chi connectivity index (χ2n) is 6.45. The zero-order valence-electron chi connectivity index (χ0n) is 14.7. The second-order valence-corrected chi connectivity index (χ2v) is 8.36. The third kappa shape index (κ3) is 4.50. The van der Waals surface area contributed by atoms with Crippen molar-refractivity contribution in [3.63, 3.8) is 0 Å². The maximum Gasteiger partial charge on any atom is 0.409 e. The number of hydrogen-bond acceptors (Lipinski definition) is 5. The molecule has 136 valence electrons. The van der Waals surface area contributed by atoms with Crippen LogP contribution in [0.2, 0.25) is 0 Å². The molecule has 0 spiro atoms. The first-order chi connectivity index (χ1) is 11.8. The predicted octanol–water partition coefficient (Wildman–Crippen LogP) is 1.97. The number of sulfonamides is 1. The van der Waals surface area contributed by atoms with Gasteiger partial charge < -0.3 is 9.64 Å². The Labute approximate surface area is 148 Å². The van der Waals surface area contributed by atoms with Crippen LogP contribution in [0.3, 0.4) is 0 Å². The molecule has 0 aromatic heterocycles. The van der Waals surface area contributed by atoms with Crippen molar-refractivity contribution in [3.05, 3.63) is 29.3 Å². The first-order valence-electron chi connectivity index (χ1n) is 8.18. The van der Waals surface area contributed by atoms with Crippen molar-refractivity contribution >= 4 is 16.1 Å². The Kier molecular flexibility index (Phi) is 6.03. The highest BCUT2D eigenvalue weighted by Gasteiger charge is 2.31. The number of aryl methyl sites for hydroxylation is 1.